The zero-order valence-corrected chi connectivity index (χ0v) is 12.0. The Balaban J connectivity index is 1.69. The van der Waals surface area contributed by atoms with Crippen molar-refractivity contribution >= 4 is 23.4 Å². The maximum atomic E-state index is 10.8. The molecular weight excluding hydrogens is 280 g/mol. The van der Waals surface area contributed by atoms with Gasteiger partial charge < -0.3 is 15.2 Å². The molecule has 20 heavy (non-hydrogen) atoms. The van der Waals surface area contributed by atoms with E-state index in [2.05, 4.69) is 10.3 Å². The number of pyridine rings is 1. The highest BCUT2D eigenvalue weighted by Crippen LogP contribution is 2.21. The first-order chi connectivity index (χ1) is 9.66. The fourth-order valence-electron chi connectivity index (χ4n) is 2.26. The molecule has 1 aliphatic rings. The topological polar surface area (TPSA) is 71.5 Å². The van der Waals surface area contributed by atoms with Crippen molar-refractivity contribution in [1.82, 2.24) is 4.98 Å². The predicted molar refractivity (Wildman–Crippen MR) is 77.5 cm³/mol. The van der Waals surface area contributed by atoms with Gasteiger partial charge >= 0.3 is 5.97 Å². The number of nitrogens with one attached hydrogen (secondary N) is 1. The van der Waals surface area contributed by atoms with E-state index in [1.54, 1.807) is 0 Å². The molecule has 1 unspecified atom stereocenters. The number of carboxylic acids is 1. The molecule has 1 aromatic rings. The molecular formula is C14H19ClN2O3. The van der Waals surface area contributed by atoms with Gasteiger partial charge in [-0.05, 0) is 38.2 Å². The number of aromatic carboxylic acids is 1. The van der Waals surface area contributed by atoms with Crippen molar-refractivity contribution in [1.29, 1.82) is 0 Å². The number of anilines is 1. The number of nitrogens with zero attached hydrogens (tertiary/aromatic N) is 1. The van der Waals surface area contributed by atoms with Crippen LogP contribution < -0.4 is 5.32 Å². The first-order valence-corrected chi connectivity index (χ1v) is 7.29. The maximum absolute atomic E-state index is 10.8. The summed E-state index contributed by atoms with van der Waals surface area (Å²) in [4.78, 5) is 14.8. The number of ether oxygens (including phenoxy) is 1. The number of rotatable bonds is 7. The van der Waals surface area contributed by atoms with Gasteiger partial charge in [0.1, 0.15) is 5.82 Å². The summed E-state index contributed by atoms with van der Waals surface area (Å²) in [5, 5.41) is 12.3. The van der Waals surface area contributed by atoms with Crippen LogP contribution in [-0.2, 0) is 4.74 Å². The lowest BCUT2D eigenvalue weighted by molar-refractivity contribution is 0.0696. The van der Waals surface area contributed by atoms with Gasteiger partial charge in [-0.3, -0.25) is 0 Å². The van der Waals surface area contributed by atoms with Crippen LogP contribution in [0.5, 0.6) is 0 Å². The standard InChI is InChI=1S/C14H19ClN2O3/c15-12-8-10(14(18)19)9-17-13(12)16-6-2-1-4-11-5-3-7-20-11/h8-9,11H,1-7H2,(H,16,17)(H,18,19). The van der Waals surface area contributed by atoms with E-state index >= 15 is 0 Å². The quantitative estimate of drug-likeness (QED) is 0.756. The number of aromatic nitrogens is 1. The molecule has 1 fully saturated rings. The fourth-order valence-corrected chi connectivity index (χ4v) is 2.49. The summed E-state index contributed by atoms with van der Waals surface area (Å²) < 4.78 is 5.56. The molecule has 0 bridgehead atoms. The Morgan fingerprint density at radius 2 is 2.40 bits per heavy atom. The largest absolute Gasteiger partial charge is 0.478 e. The minimum absolute atomic E-state index is 0.0962. The molecule has 1 saturated heterocycles. The van der Waals surface area contributed by atoms with Crippen molar-refractivity contribution in [2.24, 2.45) is 0 Å². The summed E-state index contributed by atoms with van der Waals surface area (Å²) in [6, 6.07) is 1.41. The highest BCUT2D eigenvalue weighted by atomic mass is 35.5. The van der Waals surface area contributed by atoms with Crippen molar-refractivity contribution in [2.75, 3.05) is 18.5 Å². The van der Waals surface area contributed by atoms with E-state index < -0.39 is 5.97 Å². The molecule has 2 rings (SSSR count). The minimum Gasteiger partial charge on any atom is -0.478 e. The van der Waals surface area contributed by atoms with E-state index in [1.165, 1.54) is 25.1 Å². The van der Waals surface area contributed by atoms with Crippen LogP contribution in [-0.4, -0.2) is 35.3 Å². The number of carboxylic acid groups (broad SMARTS) is 1. The number of unbranched alkanes of at least 4 members (excludes halogenated alkanes) is 1. The number of carbonyl (C=O) groups is 1. The molecule has 1 aliphatic heterocycles. The first-order valence-electron chi connectivity index (χ1n) is 6.91. The third kappa shape index (κ3) is 4.35. The van der Waals surface area contributed by atoms with E-state index in [9.17, 15) is 4.79 Å². The number of halogens is 1. The van der Waals surface area contributed by atoms with Gasteiger partial charge in [-0.25, -0.2) is 9.78 Å². The Kier molecular flexibility index (Phi) is 5.61. The minimum atomic E-state index is -1.03. The molecule has 0 aliphatic carbocycles. The van der Waals surface area contributed by atoms with Crippen molar-refractivity contribution in [3.63, 3.8) is 0 Å². The van der Waals surface area contributed by atoms with Gasteiger partial charge in [-0.15, -0.1) is 0 Å². The average molecular weight is 299 g/mol. The van der Waals surface area contributed by atoms with Gasteiger partial charge in [0.2, 0.25) is 0 Å². The van der Waals surface area contributed by atoms with Crippen LogP contribution in [0, 0.1) is 0 Å². The van der Waals surface area contributed by atoms with Crippen LogP contribution in [0.25, 0.3) is 0 Å². The fraction of sp³-hybridized carbons (Fsp3) is 0.571. The predicted octanol–water partition coefficient (Wildman–Crippen LogP) is 3.19. The zero-order valence-electron chi connectivity index (χ0n) is 11.3. The summed E-state index contributed by atoms with van der Waals surface area (Å²) in [5.74, 6) is -0.490. The lowest BCUT2D eigenvalue weighted by atomic mass is 10.1. The zero-order chi connectivity index (χ0) is 14.4. The molecule has 2 N–H and O–H groups in total. The van der Waals surface area contributed by atoms with E-state index in [-0.39, 0.29) is 5.56 Å². The number of hydrogen-bond donors (Lipinski definition) is 2. The SMILES string of the molecule is O=C(O)c1cnc(NCCCCC2CCCO2)c(Cl)c1. The third-order valence-electron chi connectivity index (χ3n) is 3.36. The summed E-state index contributed by atoms with van der Waals surface area (Å²) in [7, 11) is 0. The molecule has 0 spiro atoms. The Hall–Kier alpha value is -1.33. The van der Waals surface area contributed by atoms with Crippen molar-refractivity contribution in [3.8, 4) is 0 Å². The summed E-state index contributed by atoms with van der Waals surface area (Å²) in [6.07, 6.45) is 7.31. The second-order valence-electron chi connectivity index (χ2n) is 4.92. The van der Waals surface area contributed by atoms with Gasteiger partial charge in [0.05, 0.1) is 16.7 Å². The third-order valence-corrected chi connectivity index (χ3v) is 3.65. The first kappa shape index (κ1) is 15.1. The van der Waals surface area contributed by atoms with Gasteiger partial charge in [0.25, 0.3) is 0 Å². The van der Waals surface area contributed by atoms with Crippen LogP contribution in [0.2, 0.25) is 5.02 Å². The summed E-state index contributed by atoms with van der Waals surface area (Å²) >= 11 is 5.98. The van der Waals surface area contributed by atoms with E-state index in [1.807, 2.05) is 0 Å². The van der Waals surface area contributed by atoms with Gasteiger partial charge in [0.15, 0.2) is 0 Å². The maximum Gasteiger partial charge on any atom is 0.337 e. The van der Waals surface area contributed by atoms with Crippen LogP contribution >= 0.6 is 11.6 Å². The molecule has 0 saturated carbocycles. The highest BCUT2D eigenvalue weighted by molar-refractivity contribution is 6.33. The Labute approximate surface area is 123 Å². The van der Waals surface area contributed by atoms with Gasteiger partial charge in [-0.2, -0.15) is 0 Å². The van der Waals surface area contributed by atoms with E-state index in [4.69, 9.17) is 21.4 Å². The lowest BCUT2D eigenvalue weighted by Crippen LogP contribution is -2.08. The summed E-state index contributed by atoms with van der Waals surface area (Å²) in [6.45, 7) is 1.67. The number of hydrogen-bond acceptors (Lipinski definition) is 4. The Morgan fingerprint density at radius 1 is 1.55 bits per heavy atom. The molecule has 2 heterocycles. The van der Waals surface area contributed by atoms with Crippen molar-refractivity contribution < 1.29 is 14.6 Å². The smallest absolute Gasteiger partial charge is 0.337 e. The molecule has 0 aromatic carbocycles. The second-order valence-corrected chi connectivity index (χ2v) is 5.32. The van der Waals surface area contributed by atoms with Crippen molar-refractivity contribution in [2.45, 2.75) is 38.2 Å². The molecule has 1 aromatic heterocycles. The lowest BCUT2D eigenvalue weighted by Gasteiger charge is -2.10. The normalized spacial score (nSPS) is 18.1. The highest BCUT2D eigenvalue weighted by Gasteiger charge is 2.14. The molecule has 5 nitrogen and oxygen atoms in total. The van der Waals surface area contributed by atoms with Crippen LogP contribution in [0.1, 0.15) is 42.5 Å². The van der Waals surface area contributed by atoms with Crippen molar-refractivity contribution in [3.05, 3.63) is 22.8 Å². The molecule has 1 atom stereocenters. The van der Waals surface area contributed by atoms with Gasteiger partial charge in [0, 0.05) is 19.3 Å². The molecule has 110 valence electrons. The van der Waals surface area contributed by atoms with Crippen LogP contribution in [0.15, 0.2) is 12.3 Å². The Bertz CT molecular complexity index is 462. The monoisotopic (exact) mass is 298 g/mol. The average Bonchev–Trinajstić information content (AvgIpc) is 2.93. The van der Waals surface area contributed by atoms with Crippen LogP contribution in [0.3, 0.4) is 0 Å². The molecule has 6 heteroatoms. The summed E-state index contributed by atoms with van der Waals surface area (Å²) in [5.41, 5.74) is 0.0962. The molecule has 0 radical (unpaired) electrons. The van der Waals surface area contributed by atoms with E-state index in [0.29, 0.717) is 16.9 Å². The van der Waals surface area contributed by atoms with Crippen LogP contribution in [0.4, 0.5) is 5.82 Å². The Morgan fingerprint density at radius 3 is 3.05 bits per heavy atom. The second kappa shape index (κ2) is 7.45. The van der Waals surface area contributed by atoms with Gasteiger partial charge in [-0.1, -0.05) is 11.6 Å². The molecule has 0 amide bonds. The van der Waals surface area contributed by atoms with E-state index in [0.717, 1.165) is 32.4 Å².